The van der Waals surface area contributed by atoms with Crippen LogP contribution in [0.15, 0.2) is 54.6 Å². The first-order chi connectivity index (χ1) is 15.1. The number of ether oxygens (including phenoxy) is 2. The van der Waals surface area contributed by atoms with Crippen LogP contribution in [0.3, 0.4) is 0 Å². The molecule has 0 unspecified atom stereocenters. The molecular weight excluding hydrogens is 392 g/mol. The molecule has 2 aromatic heterocycles. The van der Waals surface area contributed by atoms with Crippen LogP contribution in [0.25, 0.3) is 28.2 Å². The first-order valence-electron chi connectivity index (χ1n) is 10.1. The lowest BCUT2D eigenvalue weighted by Crippen LogP contribution is -2.43. The Bertz CT molecular complexity index is 1290. The predicted molar refractivity (Wildman–Crippen MR) is 119 cm³/mol. The normalized spacial score (nSPS) is 13.4. The molecule has 0 N–H and O–H groups in total. The summed E-state index contributed by atoms with van der Waals surface area (Å²) in [4.78, 5) is 18.2. The molecule has 5 rings (SSSR count). The van der Waals surface area contributed by atoms with Crippen LogP contribution in [0.5, 0.6) is 11.5 Å². The zero-order valence-corrected chi connectivity index (χ0v) is 17.6. The molecule has 3 heterocycles. The molecule has 0 saturated carbocycles. The highest BCUT2D eigenvalue weighted by Gasteiger charge is 2.25. The minimum absolute atomic E-state index is 0.167. The lowest BCUT2D eigenvalue weighted by Gasteiger charge is -2.30. The maximum atomic E-state index is 11.7. The molecule has 0 spiro atoms. The minimum atomic E-state index is 0.167. The van der Waals surface area contributed by atoms with E-state index in [1.165, 1.54) is 0 Å². The number of nitrogens with zero attached hydrogens (tertiary/aromatic N) is 4. The summed E-state index contributed by atoms with van der Waals surface area (Å²) < 4.78 is 12.6. The zero-order chi connectivity index (χ0) is 21.5. The van der Waals surface area contributed by atoms with Gasteiger partial charge in [0.15, 0.2) is 17.1 Å². The van der Waals surface area contributed by atoms with E-state index in [4.69, 9.17) is 14.6 Å². The molecule has 1 saturated heterocycles. The second-order valence-corrected chi connectivity index (χ2v) is 7.45. The van der Waals surface area contributed by atoms with Crippen LogP contribution < -0.4 is 14.4 Å². The van der Waals surface area contributed by atoms with Crippen molar-refractivity contribution in [1.29, 1.82) is 0 Å². The summed E-state index contributed by atoms with van der Waals surface area (Å²) in [6, 6.07) is 17.6. The van der Waals surface area contributed by atoms with Gasteiger partial charge in [-0.15, -0.1) is 0 Å². The van der Waals surface area contributed by atoms with Crippen molar-refractivity contribution < 1.29 is 14.3 Å². The number of benzene rings is 2. The number of hydrogen-bond donors (Lipinski definition) is 0. The Morgan fingerprint density at radius 2 is 1.65 bits per heavy atom. The highest BCUT2D eigenvalue weighted by atomic mass is 16.5. The Labute approximate surface area is 179 Å². The summed E-state index contributed by atoms with van der Waals surface area (Å²) in [6.45, 7) is 2.76. The third-order valence-electron chi connectivity index (χ3n) is 5.63. The van der Waals surface area contributed by atoms with Crippen molar-refractivity contribution in [2.75, 3.05) is 25.7 Å². The Hall–Kier alpha value is -3.87. The molecule has 7 nitrogen and oxygen atoms in total. The summed E-state index contributed by atoms with van der Waals surface area (Å²) in [7, 11) is 3.23. The van der Waals surface area contributed by atoms with Crippen LogP contribution in [0.4, 0.5) is 5.69 Å². The van der Waals surface area contributed by atoms with Gasteiger partial charge in [-0.3, -0.25) is 4.79 Å². The molecule has 1 aliphatic rings. The van der Waals surface area contributed by atoms with Gasteiger partial charge in [0, 0.05) is 29.8 Å². The van der Waals surface area contributed by atoms with E-state index in [2.05, 4.69) is 4.98 Å². The molecule has 1 aliphatic heterocycles. The number of amides is 1. The molecule has 0 atom stereocenters. The predicted octanol–water partition coefficient (Wildman–Crippen LogP) is 4.13. The number of rotatable bonds is 5. The Kier molecular flexibility index (Phi) is 4.58. The van der Waals surface area contributed by atoms with Crippen LogP contribution in [0, 0.1) is 6.92 Å². The zero-order valence-electron chi connectivity index (χ0n) is 17.6. The van der Waals surface area contributed by atoms with Crippen LogP contribution in [0.1, 0.15) is 12.1 Å². The number of aromatic nitrogens is 3. The molecule has 4 aromatic rings. The van der Waals surface area contributed by atoms with Crippen molar-refractivity contribution in [2.24, 2.45) is 0 Å². The first-order valence-corrected chi connectivity index (χ1v) is 10.1. The lowest BCUT2D eigenvalue weighted by atomic mass is 10.1. The fourth-order valence-corrected chi connectivity index (χ4v) is 3.91. The average molecular weight is 414 g/mol. The maximum absolute atomic E-state index is 11.7. The number of fused-ring (bicyclic) bond motifs is 1. The number of carbonyl (C=O) groups excluding carboxylic acids is 1. The van der Waals surface area contributed by atoms with Gasteiger partial charge in [0.05, 0.1) is 31.3 Å². The van der Waals surface area contributed by atoms with Gasteiger partial charge in [0.2, 0.25) is 5.91 Å². The van der Waals surface area contributed by atoms with Crippen LogP contribution >= 0.6 is 0 Å². The summed E-state index contributed by atoms with van der Waals surface area (Å²) in [6.07, 6.45) is 0.622. The number of methoxy groups -OCH3 is 2. The Morgan fingerprint density at radius 1 is 0.903 bits per heavy atom. The second kappa shape index (κ2) is 7.43. The number of aryl methyl sites for hydroxylation is 1. The number of carbonyl (C=O) groups is 1. The maximum Gasteiger partial charge on any atom is 0.228 e. The average Bonchev–Trinajstić information content (AvgIpc) is 3.13. The number of β-lactam (4-membered cyclic amide) rings is 1. The van der Waals surface area contributed by atoms with Gasteiger partial charge in [-0.2, -0.15) is 5.10 Å². The summed E-state index contributed by atoms with van der Waals surface area (Å²) in [5.41, 5.74) is 6.24. The third kappa shape index (κ3) is 3.18. The molecule has 31 heavy (non-hydrogen) atoms. The standard InChI is InChI=1S/C24H22N4O3/c1-15-24(16-4-7-18(8-5-16)27-13-12-23(27)29)28-22(25-15)11-9-19(26-28)17-6-10-20(30-2)21(14-17)31-3/h4-11,14H,12-13H2,1-3H3. The van der Waals surface area contributed by atoms with Crippen molar-refractivity contribution in [1.82, 2.24) is 14.6 Å². The van der Waals surface area contributed by atoms with Gasteiger partial charge in [0.25, 0.3) is 0 Å². The molecule has 156 valence electrons. The Morgan fingerprint density at radius 3 is 2.29 bits per heavy atom. The van der Waals surface area contributed by atoms with E-state index in [1.807, 2.05) is 66.0 Å². The summed E-state index contributed by atoms with van der Waals surface area (Å²) in [5, 5.41) is 4.86. The van der Waals surface area contributed by atoms with Crippen molar-refractivity contribution in [2.45, 2.75) is 13.3 Å². The van der Waals surface area contributed by atoms with Gasteiger partial charge in [-0.25, -0.2) is 9.50 Å². The van der Waals surface area contributed by atoms with Gasteiger partial charge < -0.3 is 14.4 Å². The van der Waals surface area contributed by atoms with E-state index in [0.717, 1.165) is 46.1 Å². The first kappa shape index (κ1) is 19.1. The molecule has 1 amide bonds. The monoisotopic (exact) mass is 414 g/mol. The fraction of sp³-hybridized carbons (Fsp3) is 0.208. The third-order valence-corrected chi connectivity index (χ3v) is 5.63. The van der Waals surface area contributed by atoms with Crippen LogP contribution in [0.2, 0.25) is 0 Å². The fourth-order valence-electron chi connectivity index (χ4n) is 3.91. The van der Waals surface area contributed by atoms with Gasteiger partial charge >= 0.3 is 0 Å². The van der Waals surface area contributed by atoms with E-state index >= 15 is 0 Å². The highest BCUT2D eigenvalue weighted by molar-refractivity contribution is 5.99. The van der Waals surface area contributed by atoms with Crippen LogP contribution in [-0.2, 0) is 4.79 Å². The van der Waals surface area contributed by atoms with Gasteiger partial charge in [-0.1, -0.05) is 12.1 Å². The van der Waals surface area contributed by atoms with Crippen molar-refractivity contribution in [3.63, 3.8) is 0 Å². The topological polar surface area (TPSA) is 69.0 Å². The highest BCUT2D eigenvalue weighted by Crippen LogP contribution is 2.33. The minimum Gasteiger partial charge on any atom is -0.493 e. The van der Waals surface area contributed by atoms with Crippen molar-refractivity contribution in [3.05, 3.63) is 60.3 Å². The molecule has 7 heteroatoms. The van der Waals surface area contributed by atoms with Gasteiger partial charge in [0.1, 0.15) is 0 Å². The molecule has 0 aliphatic carbocycles. The SMILES string of the molecule is COc1ccc(-c2ccc3nc(C)c(-c4ccc(N5CCC5=O)cc4)n3n2)cc1OC. The summed E-state index contributed by atoms with van der Waals surface area (Å²) in [5.74, 6) is 1.49. The van der Waals surface area contributed by atoms with Crippen LogP contribution in [-0.4, -0.2) is 41.3 Å². The van der Waals surface area contributed by atoms with E-state index < -0.39 is 0 Å². The largest absolute Gasteiger partial charge is 0.493 e. The number of anilines is 1. The molecule has 2 aromatic carbocycles. The molecular formula is C24H22N4O3. The number of hydrogen-bond acceptors (Lipinski definition) is 5. The Balaban J connectivity index is 1.57. The van der Waals surface area contributed by atoms with E-state index in [1.54, 1.807) is 19.1 Å². The van der Waals surface area contributed by atoms with Crippen molar-refractivity contribution in [3.8, 4) is 34.0 Å². The molecule has 0 bridgehead atoms. The number of imidazole rings is 1. The summed E-state index contributed by atoms with van der Waals surface area (Å²) >= 11 is 0. The molecule has 1 fully saturated rings. The quantitative estimate of drug-likeness (QED) is 0.460. The second-order valence-electron chi connectivity index (χ2n) is 7.45. The van der Waals surface area contributed by atoms with E-state index in [-0.39, 0.29) is 5.91 Å². The van der Waals surface area contributed by atoms with Crippen molar-refractivity contribution >= 4 is 17.2 Å². The van der Waals surface area contributed by atoms with E-state index in [9.17, 15) is 4.79 Å². The molecule has 0 radical (unpaired) electrons. The smallest absolute Gasteiger partial charge is 0.228 e. The van der Waals surface area contributed by atoms with E-state index in [0.29, 0.717) is 17.9 Å². The van der Waals surface area contributed by atoms with Gasteiger partial charge in [-0.05, 0) is 49.4 Å². The lowest BCUT2D eigenvalue weighted by molar-refractivity contribution is -0.122.